The maximum atomic E-state index is 5.82. The quantitative estimate of drug-likeness (QED) is 0.716. The van der Waals surface area contributed by atoms with Gasteiger partial charge in [-0.3, -0.25) is 4.99 Å². The molecular weight excluding hydrogens is 314 g/mol. The Kier molecular flexibility index (Phi) is 4.00. The zero-order chi connectivity index (χ0) is 17.1. The largest absolute Gasteiger partial charge is 0.424 e. The Balaban J connectivity index is 1.39. The Morgan fingerprint density at radius 1 is 1.08 bits per heavy atom. The molecule has 124 valence electrons. The van der Waals surface area contributed by atoms with Crippen molar-refractivity contribution in [2.45, 2.75) is 13.0 Å². The highest BCUT2D eigenvalue weighted by Gasteiger charge is 2.15. The van der Waals surface area contributed by atoms with Crippen molar-refractivity contribution in [2.24, 2.45) is 4.99 Å². The molecule has 3 N–H and O–H groups in total. The van der Waals surface area contributed by atoms with Crippen LogP contribution in [0.1, 0.15) is 11.1 Å². The average molecular weight is 331 g/mol. The molecule has 0 radical (unpaired) electrons. The Morgan fingerprint density at radius 3 is 2.68 bits per heavy atom. The van der Waals surface area contributed by atoms with Crippen LogP contribution < -0.4 is 15.8 Å². The minimum absolute atomic E-state index is 0.336. The summed E-state index contributed by atoms with van der Waals surface area (Å²) < 4.78 is 5.58. The van der Waals surface area contributed by atoms with Gasteiger partial charge >= 0.3 is 6.01 Å². The summed E-state index contributed by atoms with van der Waals surface area (Å²) in [6.07, 6.45) is 4.08. The van der Waals surface area contributed by atoms with Crippen LogP contribution in [0.3, 0.4) is 0 Å². The van der Waals surface area contributed by atoms with E-state index < -0.39 is 0 Å². The summed E-state index contributed by atoms with van der Waals surface area (Å²) in [6.45, 7) is 0.605. The summed E-state index contributed by atoms with van der Waals surface area (Å²) in [4.78, 5) is 12.7. The van der Waals surface area contributed by atoms with Crippen LogP contribution in [0.15, 0.2) is 65.9 Å². The number of fused-ring (bicyclic) bond motifs is 1. The van der Waals surface area contributed by atoms with E-state index in [0.29, 0.717) is 18.3 Å². The Morgan fingerprint density at radius 2 is 1.88 bits per heavy atom. The fourth-order valence-corrected chi connectivity index (χ4v) is 2.65. The predicted molar refractivity (Wildman–Crippen MR) is 97.9 cm³/mol. The van der Waals surface area contributed by atoms with E-state index in [1.807, 2.05) is 42.5 Å². The second kappa shape index (κ2) is 6.60. The number of nitrogens with one attached hydrogen (secondary N) is 1. The molecule has 0 aliphatic carbocycles. The number of hydrogen-bond donors (Lipinski definition) is 2. The van der Waals surface area contributed by atoms with Gasteiger partial charge in [0.1, 0.15) is 11.6 Å². The molecule has 25 heavy (non-hydrogen) atoms. The molecule has 2 heterocycles. The number of hydrogen-bond acceptors (Lipinski definition) is 5. The molecule has 0 fully saturated rings. The van der Waals surface area contributed by atoms with Crippen LogP contribution in [0.5, 0.6) is 11.8 Å². The third kappa shape index (κ3) is 3.58. The fourth-order valence-electron chi connectivity index (χ4n) is 2.65. The Hall–Kier alpha value is -3.41. The van der Waals surface area contributed by atoms with E-state index in [-0.39, 0.29) is 0 Å². The smallest absolute Gasteiger partial charge is 0.321 e. The lowest BCUT2D eigenvalue weighted by Gasteiger charge is -2.04. The van der Waals surface area contributed by atoms with Crippen molar-refractivity contribution in [3.8, 4) is 11.8 Å². The molecule has 1 aliphatic rings. The topological polar surface area (TPSA) is 85.4 Å². The van der Waals surface area contributed by atoms with Gasteiger partial charge < -0.3 is 15.8 Å². The van der Waals surface area contributed by atoms with Crippen molar-refractivity contribution in [1.29, 1.82) is 0 Å². The van der Waals surface area contributed by atoms with Crippen molar-refractivity contribution in [3.05, 3.63) is 72.1 Å². The van der Waals surface area contributed by atoms with Crippen molar-refractivity contribution in [1.82, 2.24) is 9.97 Å². The maximum absolute atomic E-state index is 5.82. The molecule has 0 saturated carbocycles. The zero-order valence-corrected chi connectivity index (χ0v) is 13.5. The van der Waals surface area contributed by atoms with Crippen LogP contribution in [0.25, 0.3) is 0 Å². The van der Waals surface area contributed by atoms with E-state index in [1.165, 1.54) is 5.56 Å². The maximum Gasteiger partial charge on any atom is 0.321 e. The van der Waals surface area contributed by atoms with Gasteiger partial charge in [-0.05, 0) is 47.5 Å². The first kappa shape index (κ1) is 15.1. The first-order valence-corrected chi connectivity index (χ1v) is 7.99. The van der Waals surface area contributed by atoms with Crippen molar-refractivity contribution < 1.29 is 4.74 Å². The average Bonchev–Trinajstić information content (AvgIpc) is 3.04. The standard InChI is InChI=1S/C19H17N5O/c20-15-4-7-17-14(10-15)11-18(24-17)23-12-13-2-5-16(6-3-13)25-19-21-8-1-9-22-19/h1-10H,11-12,20H2,(H,23,24). The number of aromatic nitrogens is 2. The molecule has 2 aromatic carbocycles. The lowest BCUT2D eigenvalue weighted by molar-refractivity contribution is 0.441. The van der Waals surface area contributed by atoms with Crippen LogP contribution in [-0.2, 0) is 13.0 Å². The number of nitrogens with zero attached hydrogens (tertiary/aromatic N) is 3. The second-order valence-corrected chi connectivity index (χ2v) is 5.76. The third-order valence-corrected chi connectivity index (χ3v) is 3.89. The Bertz CT molecular complexity index is 907. The van der Waals surface area contributed by atoms with E-state index in [2.05, 4.69) is 20.3 Å². The highest BCUT2D eigenvalue weighted by molar-refractivity contribution is 6.03. The normalized spacial score (nSPS) is 14.2. The molecule has 4 rings (SSSR count). The lowest BCUT2D eigenvalue weighted by Crippen LogP contribution is -2.06. The highest BCUT2D eigenvalue weighted by atomic mass is 16.5. The van der Waals surface area contributed by atoms with Gasteiger partial charge in [0.2, 0.25) is 0 Å². The van der Waals surface area contributed by atoms with Gasteiger partial charge in [0.25, 0.3) is 0 Å². The van der Waals surface area contributed by atoms with E-state index >= 15 is 0 Å². The molecule has 0 saturated heterocycles. The molecule has 1 aromatic heterocycles. The van der Waals surface area contributed by atoms with Gasteiger partial charge in [-0.1, -0.05) is 12.1 Å². The molecule has 3 aromatic rings. The zero-order valence-electron chi connectivity index (χ0n) is 13.5. The van der Waals surface area contributed by atoms with Gasteiger partial charge in [0.15, 0.2) is 0 Å². The summed E-state index contributed by atoms with van der Waals surface area (Å²) in [5, 5.41) is 3.33. The number of ether oxygens (including phenoxy) is 1. The highest BCUT2D eigenvalue weighted by Crippen LogP contribution is 2.25. The second-order valence-electron chi connectivity index (χ2n) is 5.76. The van der Waals surface area contributed by atoms with Gasteiger partial charge in [-0.25, -0.2) is 9.97 Å². The lowest BCUT2D eigenvalue weighted by atomic mass is 10.1. The van der Waals surface area contributed by atoms with Crippen molar-refractivity contribution >= 4 is 17.2 Å². The number of anilines is 2. The molecule has 0 bridgehead atoms. The molecule has 1 aliphatic heterocycles. The Labute approximate surface area is 145 Å². The van der Waals surface area contributed by atoms with Crippen molar-refractivity contribution in [3.63, 3.8) is 0 Å². The molecule has 0 unspecified atom stereocenters. The van der Waals surface area contributed by atoms with Crippen LogP contribution >= 0.6 is 0 Å². The molecule has 0 atom stereocenters. The van der Waals surface area contributed by atoms with Crippen LogP contribution in [0.4, 0.5) is 11.4 Å². The summed E-state index contributed by atoms with van der Waals surface area (Å²) in [7, 11) is 0. The fraction of sp³-hybridized carbons (Fsp3) is 0.105. The molecule has 0 amide bonds. The monoisotopic (exact) mass is 331 g/mol. The summed E-state index contributed by atoms with van der Waals surface area (Å²) in [6, 6.07) is 15.7. The van der Waals surface area contributed by atoms with E-state index in [1.54, 1.807) is 18.5 Å². The van der Waals surface area contributed by atoms with Crippen LogP contribution in [-0.4, -0.2) is 15.8 Å². The SMILES string of the molecule is Nc1ccc2c(c1)CC(=NCc1ccc(Oc3ncccn3)cc1)N2. The predicted octanol–water partition coefficient (Wildman–Crippen LogP) is 3.42. The first-order valence-electron chi connectivity index (χ1n) is 7.99. The molecule has 0 spiro atoms. The summed E-state index contributed by atoms with van der Waals surface area (Å²) in [5.41, 5.74) is 9.97. The number of rotatable bonds is 4. The number of benzene rings is 2. The minimum Gasteiger partial charge on any atom is -0.424 e. The van der Waals surface area contributed by atoms with Gasteiger partial charge in [-0.15, -0.1) is 0 Å². The van der Waals surface area contributed by atoms with Crippen LogP contribution in [0.2, 0.25) is 0 Å². The number of nitrogen functional groups attached to an aromatic ring is 1. The minimum atomic E-state index is 0.336. The van der Waals surface area contributed by atoms with Crippen molar-refractivity contribution in [2.75, 3.05) is 11.1 Å². The van der Waals surface area contributed by atoms with Crippen LogP contribution in [0, 0.1) is 0 Å². The molecule has 6 heteroatoms. The van der Waals surface area contributed by atoms with Gasteiger partial charge in [0.05, 0.1) is 6.54 Å². The van der Waals surface area contributed by atoms with E-state index in [0.717, 1.165) is 29.2 Å². The van der Waals surface area contributed by atoms with Gasteiger partial charge in [-0.2, -0.15) is 0 Å². The van der Waals surface area contributed by atoms with E-state index in [9.17, 15) is 0 Å². The van der Waals surface area contributed by atoms with E-state index in [4.69, 9.17) is 10.5 Å². The number of nitrogens with two attached hydrogens (primary N) is 1. The summed E-state index contributed by atoms with van der Waals surface area (Å²) >= 11 is 0. The third-order valence-electron chi connectivity index (χ3n) is 3.89. The summed E-state index contributed by atoms with van der Waals surface area (Å²) in [5.74, 6) is 1.66. The number of aliphatic imine (C=N–C) groups is 1. The molecular formula is C19H17N5O. The van der Waals surface area contributed by atoms with Gasteiger partial charge in [0, 0.05) is 30.2 Å². The number of amidine groups is 1. The first-order chi connectivity index (χ1) is 12.3. The molecule has 6 nitrogen and oxygen atoms in total.